The maximum Gasteiger partial charge on any atom is 0.337 e. The molecule has 1 heterocycles. The SMILES string of the molecule is CN(C)CCCc1ccc(-n2ccn(-c3ccc(OC4CCCC4)cc3)c2=O)cc1. The molecule has 0 aliphatic heterocycles. The third-order valence-corrected chi connectivity index (χ3v) is 5.78. The van der Waals surface area contributed by atoms with Crippen molar-refractivity contribution in [2.75, 3.05) is 20.6 Å². The number of rotatable bonds is 8. The van der Waals surface area contributed by atoms with Crippen LogP contribution in [-0.4, -0.2) is 40.8 Å². The molecule has 0 amide bonds. The number of aromatic nitrogens is 2. The molecular weight excluding hydrogens is 374 g/mol. The Morgan fingerprint density at radius 3 is 2.03 bits per heavy atom. The molecule has 0 atom stereocenters. The van der Waals surface area contributed by atoms with Crippen molar-refractivity contribution in [3.63, 3.8) is 0 Å². The first-order chi connectivity index (χ1) is 14.6. The Morgan fingerprint density at radius 1 is 0.900 bits per heavy atom. The van der Waals surface area contributed by atoms with Gasteiger partial charge in [0.1, 0.15) is 5.75 Å². The Hall–Kier alpha value is -2.79. The lowest BCUT2D eigenvalue weighted by molar-refractivity contribution is 0.210. The Bertz CT molecular complexity index is 994. The van der Waals surface area contributed by atoms with Gasteiger partial charge in [0, 0.05) is 12.4 Å². The van der Waals surface area contributed by atoms with Crippen LogP contribution in [-0.2, 0) is 6.42 Å². The molecule has 1 aliphatic carbocycles. The lowest BCUT2D eigenvalue weighted by Gasteiger charge is -2.13. The quantitative estimate of drug-likeness (QED) is 0.556. The third kappa shape index (κ3) is 4.85. The van der Waals surface area contributed by atoms with Crippen molar-refractivity contribution in [1.29, 1.82) is 0 Å². The normalized spacial score (nSPS) is 14.5. The van der Waals surface area contributed by atoms with Crippen molar-refractivity contribution >= 4 is 0 Å². The highest BCUT2D eigenvalue weighted by Crippen LogP contribution is 2.24. The first-order valence-corrected chi connectivity index (χ1v) is 10.9. The third-order valence-electron chi connectivity index (χ3n) is 5.78. The summed E-state index contributed by atoms with van der Waals surface area (Å²) in [5.41, 5.74) is 2.96. The lowest BCUT2D eigenvalue weighted by Crippen LogP contribution is -2.21. The summed E-state index contributed by atoms with van der Waals surface area (Å²) in [6.45, 7) is 1.08. The first-order valence-electron chi connectivity index (χ1n) is 10.9. The van der Waals surface area contributed by atoms with Crippen molar-refractivity contribution in [1.82, 2.24) is 14.0 Å². The van der Waals surface area contributed by atoms with Gasteiger partial charge in [-0.1, -0.05) is 12.1 Å². The van der Waals surface area contributed by atoms with Crippen molar-refractivity contribution in [3.05, 3.63) is 77.0 Å². The average molecular weight is 406 g/mol. The zero-order chi connectivity index (χ0) is 20.9. The molecule has 2 aromatic carbocycles. The van der Waals surface area contributed by atoms with Gasteiger partial charge in [-0.05, 0) is 101 Å². The fourth-order valence-electron chi connectivity index (χ4n) is 4.08. The van der Waals surface area contributed by atoms with Gasteiger partial charge in [-0.2, -0.15) is 0 Å². The Balaban J connectivity index is 1.45. The molecule has 158 valence electrons. The van der Waals surface area contributed by atoms with E-state index in [1.807, 2.05) is 48.8 Å². The molecule has 1 aromatic heterocycles. The van der Waals surface area contributed by atoms with E-state index >= 15 is 0 Å². The number of nitrogens with zero attached hydrogens (tertiary/aromatic N) is 3. The molecule has 4 rings (SSSR count). The topological polar surface area (TPSA) is 39.4 Å². The minimum Gasteiger partial charge on any atom is -0.490 e. The summed E-state index contributed by atoms with van der Waals surface area (Å²) in [4.78, 5) is 15.2. The molecule has 0 spiro atoms. The van der Waals surface area contributed by atoms with Gasteiger partial charge in [-0.3, -0.25) is 9.13 Å². The minimum atomic E-state index is -0.0696. The van der Waals surface area contributed by atoms with Crippen LogP contribution in [0.2, 0.25) is 0 Å². The van der Waals surface area contributed by atoms with Gasteiger partial charge in [0.05, 0.1) is 17.5 Å². The highest BCUT2D eigenvalue weighted by Gasteiger charge is 2.16. The fraction of sp³-hybridized carbons (Fsp3) is 0.400. The molecule has 30 heavy (non-hydrogen) atoms. The van der Waals surface area contributed by atoms with Crippen molar-refractivity contribution < 1.29 is 4.74 Å². The second-order valence-electron chi connectivity index (χ2n) is 8.41. The number of hydrogen-bond acceptors (Lipinski definition) is 3. The van der Waals surface area contributed by atoms with E-state index in [4.69, 9.17) is 4.74 Å². The molecule has 0 bridgehead atoms. The summed E-state index contributed by atoms with van der Waals surface area (Å²) in [6.07, 6.45) is 10.9. The monoisotopic (exact) mass is 405 g/mol. The van der Waals surface area contributed by atoms with Gasteiger partial charge >= 0.3 is 5.69 Å². The number of imidazole rings is 1. The Kier molecular flexibility index (Phi) is 6.38. The van der Waals surface area contributed by atoms with Crippen molar-refractivity contribution in [2.45, 2.75) is 44.6 Å². The van der Waals surface area contributed by atoms with Gasteiger partial charge < -0.3 is 9.64 Å². The molecule has 5 heteroatoms. The van der Waals surface area contributed by atoms with Crippen LogP contribution in [0.3, 0.4) is 0 Å². The predicted molar refractivity (Wildman–Crippen MR) is 121 cm³/mol. The van der Waals surface area contributed by atoms with E-state index in [9.17, 15) is 4.79 Å². The van der Waals surface area contributed by atoms with Crippen LogP contribution < -0.4 is 10.4 Å². The molecule has 0 saturated heterocycles. The fourth-order valence-corrected chi connectivity index (χ4v) is 4.08. The summed E-state index contributed by atoms with van der Waals surface area (Å²) in [5, 5.41) is 0. The summed E-state index contributed by atoms with van der Waals surface area (Å²) in [5.74, 6) is 0.878. The molecule has 1 saturated carbocycles. The highest BCUT2D eigenvalue weighted by molar-refractivity contribution is 5.39. The van der Waals surface area contributed by atoms with Crippen LogP contribution in [0.1, 0.15) is 37.7 Å². The number of aryl methyl sites for hydroxylation is 1. The molecular formula is C25H31N3O2. The Labute approximate surface area is 178 Å². The van der Waals surface area contributed by atoms with E-state index in [2.05, 4.69) is 31.1 Å². The largest absolute Gasteiger partial charge is 0.490 e. The summed E-state index contributed by atoms with van der Waals surface area (Å²) in [6, 6.07) is 16.1. The second-order valence-corrected chi connectivity index (χ2v) is 8.41. The second kappa shape index (κ2) is 9.35. The minimum absolute atomic E-state index is 0.0696. The van der Waals surface area contributed by atoms with Crippen molar-refractivity contribution in [3.8, 4) is 17.1 Å². The van der Waals surface area contributed by atoms with E-state index in [-0.39, 0.29) is 5.69 Å². The summed E-state index contributed by atoms with van der Waals surface area (Å²) in [7, 11) is 4.19. The zero-order valence-electron chi connectivity index (χ0n) is 18.0. The summed E-state index contributed by atoms with van der Waals surface area (Å²) >= 11 is 0. The maximum absolute atomic E-state index is 13.0. The molecule has 0 radical (unpaired) electrons. The average Bonchev–Trinajstić information content (AvgIpc) is 3.39. The summed E-state index contributed by atoms with van der Waals surface area (Å²) < 4.78 is 9.39. The van der Waals surface area contributed by atoms with E-state index < -0.39 is 0 Å². The first kappa shape index (κ1) is 20.5. The molecule has 3 aromatic rings. The van der Waals surface area contributed by atoms with Crippen LogP contribution in [0, 0.1) is 0 Å². The van der Waals surface area contributed by atoms with Gasteiger partial charge in [0.15, 0.2) is 0 Å². The molecule has 0 N–H and O–H groups in total. The van der Waals surface area contributed by atoms with Crippen LogP contribution in [0.4, 0.5) is 0 Å². The van der Waals surface area contributed by atoms with E-state index in [1.165, 1.54) is 18.4 Å². The lowest BCUT2D eigenvalue weighted by atomic mass is 10.1. The van der Waals surface area contributed by atoms with Crippen LogP contribution in [0.15, 0.2) is 65.7 Å². The molecule has 1 aliphatic rings. The number of ether oxygens (including phenoxy) is 1. The van der Waals surface area contributed by atoms with E-state index in [1.54, 1.807) is 9.13 Å². The molecule has 5 nitrogen and oxygen atoms in total. The van der Waals surface area contributed by atoms with Crippen LogP contribution in [0.5, 0.6) is 5.75 Å². The highest BCUT2D eigenvalue weighted by atomic mass is 16.5. The van der Waals surface area contributed by atoms with Crippen LogP contribution >= 0.6 is 0 Å². The maximum atomic E-state index is 13.0. The van der Waals surface area contributed by atoms with Gasteiger partial charge in [-0.15, -0.1) is 0 Å². The van der Waals surface area contributed by atoms with Gasteiger partial charge in [-0.25, -0.2) is 4.79 Å². The smallest absolute Gasteiger partial charge is 0.337 e. The van der Waals surface area contributed by atoms with Crippen LogP contribution in [0.25, 0.3) is 11.4 Å². The van der Waals surface area contributed by atoms with E-state index in [0.29, 0.717) is 6.10 Å². The standard InChI is InChI=1S/C25H31N3O2/c1-26(2)17-5-6-20-9-11-21(12-10-20)27-18-19-28(25(27)29)22-13-15-24(16-14-22)30-23-7-3-4-8-23/h9-16,18-19,23H,3-8,17H2,1-2H3. The van der Waals surface area contributed by atoms with Crippen molar-refractivity contribution in [2.24, 2.45) is 0 Å². The molecule has 0 unspecified atom stereocenters. The molecule has 1 fully saturated rings. The van der Waals surface area contributed by atoms with Gasteiger partial charge in [0.25, 0.3) is 0 Å². The van der Waals surface area contributed by atoms with Gasteiger partial charge in [0.2, 0.25) is 0 Å². The van der Waals surface area contributed by atoms with E-state index in [0.717, 1.165) is 49.4 Å². The number of hydrogen-bond donors (Lipinski definition) is 0. The Morgan fingerprint density at radius 2 is 1.47 bits per heavy atom. The zero-order valence-corrected chi connectivity index (χ0v) is 18.0. The number of benzene rings is 2. The predicted octanol–water partition coefficient (Wildman–Crippen LogP) is 4.44.